The van der Waals surface area contributed by atoms with Crippen LogP contribution in [0.15, 0.2) is 0 Å². The summed E-state index contributed by atoms with van der Waals surface area (Å²) >= 11 is 0. The van der Waals surface area contributed by atoms with Crippen molar-refractivity contribution in [3.8, 4) is 0 Å². The molecule has 4 heteroatoms. The average Bonchev–Trinajstić information content (AvgIpc) is 2.06. The zero-order valence-electron chi connectivity index (χ0n) is 11.2. The molecule has 2 N–H and O–H groups in total. The third-order valence-corrected chi connectivity index (χ3v) is 3.12. The van der Waals surface area contributed by atoms with Crippen LogP contribution in [-0.2, 0) is 0 Å². The van der Waals surface area contributed by atoms with E-state index >= 15 is 0 Å². The standard InChI is InChI=1S/C12H27N3.ClH/c1-11(13)9-12(2,3)10-15-7-5-14(4)6-8-15;/h11H,5-10,13H2,1-4H3;1H. The van der Waals surface area contributed by atoms with Crippen molar-refractivity contribution >= 4 is 12.4 Å². The molecule has 0 saturated carbocycles. The number of hydrogen-bond acceptors (Lipinski definition) is 3. The molecule has 1 rings (SSSR count). The van der Waals surface area contributed by atoms with Crippen LogP contribution in [0.4, 0.5) is 0 Å². The maximum atomic E-state index is 5.88. The predicted molar refractivity (Wildman–Crippen MR) is 73.2 cm³/mol. The van der Waals surface area contributed by atoms with Gasteiger partial charge in [0.2, 0.25) is 0 Å². The quantitative estimate of drug-likeness (QED) is 0.818. The molecule has 1 heterocycles. The van der Waals surface area contributed by atoms with Gasteiger partial charge in [-0.25, -0.2) is 0 Å². The zero-order valence-corrected chi connectivity index (χ0v) is 12.0. The lowest BCUT2D eigenvalue weighted by Gasteiger charge is -2.38. The molecular weight excluding hydrogens is 222 g/mol. The number of rotatable bonds is 4. The van der Waals surface area contributed by atoms with E-state index in [0.29, 0.717) is 11.5 Å². The third kappa shape index (κ3) is 6.04. The van der Waals surface area contributed by atoms with Crippen LogP contribution in [0.5, 0.6) is 0 Å². The fraction of sp³-hybridized carbons (Fsp3) is 1.00. The summed E-state index contributed by atoms with van der Waals surface area (Å²) in [6.07, 6.45) is 1.11. The van der Waals surface area contributed by atoms with Crippen LogP contribution in [-0.4, -0.2) is 55.6 Å². The molecule has 0 radical (unpaired) electrons. The molecule has 1 fully saturated rings. The van der Waals surface area contributed by atoms with Gasteiger partial charge in [0.25, 0.3) is 0 Å². The number of nitrogens with zero attached hydrogens (tertiary/aromatic N) is 2. The van der Waals surface area contributed by atoms with Crippen molar-refractivity contribution in [1.29, 1.82) is 0 Å². The lowest BCUT2D eigenvalue weighted by Crippen LogP contribution is -2.48. The maximum Gasteiger partial charge on any atom is 0.0110 e. The number of likely N-dealkylation sites (N-methyl/N-ethyl adjacent to an activating group) is 1. The smallest absolute Gasteiger partial charge is 0.0110 e. The van der Waals surface area contributed by atoms with E-state index in [1.807, 2.05) is 0 Å². The van der Waals surface area contributed by atoms with Crippen LogP contribution in [0.1, 0.15) is 27.2 Å². The molecular formula is C12H28ClN3. The average molecular weight is 250 g/mol. The molecule has 1 saturated heterocycles. The van der Waals surface area contributed by atoms with E-state index in [9.17, 15) is 0 Å². The van der Waals surface area contributed by atoms with Gasteiger partial charge in [-0.05, 0) is 25.8 Å². The molecule has 3 nitrogen and oxygen atoms in total. The van der Waals surface area contributed by atoms with E-state index in [1.54, 1.807) is 0 Å². The Balaban J connectivity index is 0.00000225. The summed E-state index contributed by atoms with van der Waals surface area (Å²) in [6, 6.07) is 0.312. The number of hydrogen-bond donors (Lipinski definition) is 1. The Hall–Kier alpha value is 0.170. The van der Waals surface area contributed by atoms with Gasteiger partial charge in [-0.15, -0.1) is 12.4 Å². The molecule has 0 aromatic heterocycles. The zero-order chi connectivity index (χ0) is 11.5. The summed E-state index contributed by atoms with van der Waals surface area (Å²) in [5.74, 6) is 0. The number of piperazine rings is 1. The molecule has 0 amide bonds. The van der Waals surface area contributed by atoms with Gasteiger partial charge in [-0.2, -0.15) is 0 Å². The van der Waals surface area contributed by atoms with Gasteiger partial charge in [0.1, 0.15) is 0 Å². The molecule has 0 spiro atoms. The van der Waals surface area contributed by atoms with E-state index in [-0.39, 0.29) is 12.4 Å². The molecule has 16 heavy (non-hydrogen) atoms. The van der Waals surface area contributed by atoms with Crippen LogP contribution in [0.3, 0.4) is 0 Å². The van der Waals surface area contributed by atoms with Gasteiger partial charge in [-0.3, -0.25) is 0 Å². The number of nitrogens with two attached hydrogens (primary N) is 1. The largest absolute Gasteiger partial charge is 0.328 e. The monoisotopic (exact) mass is 249 g/mol. The van der Waals surface area contributed by atoms with Crippen LogP contribution in [0, 0.1) is 5.41 Å². The lowest BCUT2D eigenvalue weighted by atomic mass is 9.85. The summed E-state index contributed by atoms with van der Waals surface area (Å²) < 4.78 is 0. The molecule has 98 valence electrons. The van der Waals surface area contributed by atoms with Crippen LogP contribution >= 0.6 is 12.4 Å². The van der Waals surface area contributed by atoms with Crippen LogP contribution in [0.25, 0.3) is 0 Å². The molecule has 0 aromatic rings. The molecule has 0 bridgehead atoms. The molecule has 1 aliphatic rings. The highest BCUT2D eigenvalue weighted by molar-refractivity contribution is 5.85. The van der Waals surface area contributed by atoms with Crippen molar-refractivity contribution in [3.63, 3.8) is 0 Å². The summed E-state index contributed by atoms with van der Waals surface area (Å²) in [4.78, 5) is 4.97. The Bertz CT molecular complexity index is 187. The maximum absolute atomic E-state index is 5.88. The SMILES string of the molecule is CC(N)CC(C)(C)CN1CCN(C)CC1.Cl. The minimum Gasteiger partial charge on any atom is -0.328 e. The van der Waals surface area contributed by atoms with Gasteiger partial charge in [0.15, 0.2) is 0 Å². The first-order chi connectivity index (χ1) is 6.89. The fourth-order valence-corrected chi connectivity index (χ4v) is 2.55. The van der Waals surface area contributed by atoms with Crippen molar-refractivity contribution in [2.24, 2.45) is 11.1 Å². The summed E-state index contributed by atoms with van der Waals surface area (Å²) in [5, 5.41) is 0. The van der Waals surface area contributed by atoms with E-state index in [1.165, 1.54) is 32.7 Å². The summed E-state index contributed by atoms with van der Waals surface area (Å²) in [7, 11) is 2.20. The predicted octanol–water partition coefficient (Wildman–Crippen LogP) is 1.42. The Morgan fingerprint density at radius 1 is 1.19 bits per heavy atom. The molecule has 0 aliphatic carbocycles. The van der Waals surface area contributed by atoms with E-state index in [2.05, 4.69) is 37.6 Å². The Morgan fingerprint density at radius 3 is 2.12 bits per heavy atom. The highest BCUT2D eigenvalue weighted by Crippen LogP contribution is 2.23. The summed E-state index contributed by atoms with van der Waals surface area (Å²) in [6.45, 7) is 12.8. The third-order valence-electron chi connectivity index (χ3n) is 3.12. The van der Waals surface area contributed by atoms with Crippen LogP contribution in [0.2, 0.25) is 0 Å². The highest BCUT2D eigenvalue weighted by Gasteiger charge is 2.24. The topological polar surface area (TPSA) is 32.5 Å². The molecule has 1 aliphatic heterocycles. The van der Waals surface area contributed by atoms with Gasteiger partial charge in [0, 0.05) is 38.8 Å². The molecule has 0 aromatic carbocycles. The van der Waals surface area contributed by atoms with Gasteiger partial charge >= 0.3 is 0 Å². The second-order valence-electron chi connectivity index (χ2n) is 5.93. The normalized spacial score (nSPS) is 21.6. The van der Waals surface area contributed by atoms with Crippen molar-refractivity contribution in [1.82, 2.24) is 9.80 Å². The highest BCUT2D eigenvalue weighted by atomic mass is 35.5. The van der Waals surface area contributed by atoms with E-state index in [4.69, 9.17) is 5.73 Å². The first-order valence-corrected chi connectivity index (χ1v) is 6.05. The summed E-state index contributed by atoms with van der Waals surface area (Å²) in [5.41, 5.74) is 6.23. The van der Waals surface area contributed by atoms with E-state index in [0.717, 1.165) is 6.42 Å². The first kappa shape index (κ1) is 16.2. The Kier molecular flexibility index (Phi) is 6.87. The second kappa shape index (κ2) is 6.80. The van der Waals surface area contributed by atoms with Gasteiger partial charge in [-0.1, -0.05) is 13.8 Å². The van der Waals surface area contributed by atoms with Crippen molar-refractivity contribution < 1.29 is 0 Å². The number of halogens is 1. The minimum absolute atomic E-state index is 0. The van der Waals surface area contributed by atoms with Crippen molar-refractivity contribution in [2.75, 3.05) is 39.8 Å². The fourth-order valence-electron chi connectivity index (χ4n) is 2.55. The van der Waals surface area contributed by atoms with Gasteiger partial charge in [0.05, 0.1) is 0 Å². The first-order valence-electron chi connectivity index (χ1n) is 6.05. The molecule has 1 atom stereocenters. The minimum atomic E-state index is 0. The van der Waals surface area contributed by atoms with E-state index < -0.39 is 0 Å². The molecule has 1 unspecified atom stereocenters. The van der Waals surface area contributed by atoms with Gasteiger partial charge < -0.3 is 15.5 Å². The Morgan fingerprint density at radius 2 is 1.69 bits per heavy atom. The van der Waals surface area contributed by atoms with Crippen LogP contribution < -0.4 is 5.73 Å². The van der Waals surface area contributed by atoms with Crippen molar-refractivity contribution in [2.45, 2.75) is 33.2 Å². The lowest BCUT2D eigenvalue weighted by molar-refractivity contribution is 0.104. The second-order valence-corrected chi connectivity index (χ2v) is 5.93. The Labute approximate surface area is 107 Å². The van der Waals surface area contributed by atoms with Crippen molar-refractivity contribution in [3.05, 3.63) is 0 Å².